The van der Waals surface area contributed by atoms with Crippen LogP contribution in [0.5, 0.6) is 0 Å². The van der Waals surface area contributed by atoms with Crippen molar-refractivity contribution < 1.29 is 4.79 Å². The van der Waals surface area contributed by atoms with Gasteiger partial charge >= 0.3 is 0 Å². The molecule has 0 aromatic carbocycles. The molecular weight excluding hydrogens is 226 g/mol. The molecule has 1 heterocycles. The molecular formula is C14H27N3O. The molecule has 0 aromatic heterocycles. The van der Waals surface area contributed by atoms with Gasteiger partial charge in [0.15, 0.2) is 0 Å². The van der Waals surface area contributed by atoms with E-state index in [2.05, 4.69) is 22.4 Å². The van der Waals surface area contributed by atoms with E-state index in [0.29, 0.717) is 6.42 Å². The Hall–Kier alpha value is -0.610. The summed E-state index contributed by atoms with van der Waals surface area (Å²) in [5.74, 6) is 1.02. The highest BCUT2D eigenvalue weighted by Crippen LogP contribution is 2.27. The Kier molecular flexibility index (Phi) is 5.45. The van der Waals surface area contributed by atoms with E-state index in [0.717, 1.165) is 38.5 Å². The summed E-state index contributed by atoms with van der Waals surface area (Å²) in [6, 6.07) is 0. The van der Waals surface area contributed by atoms with Crippen LogP contribution in [-0.4, -0.2) is 49.0 Å². The first-order valence-electron chi connectivity index (χ1n) is 7.47. The van der Waals surface area contributed by atoms with Crippen molar-refractivity contribution >= 4 is 5.91 Å². The molecule has 1 aliphatic heterocycles. The monoisotopic (exact) mass is 253 g/mol. The number of amides is 1. The normalized spacial score (nSPS) is 24.1. The largest absolute Gasteiger partial charge is 0.304 e. The number of carbonyl (C=O) groups excluding carboxylic acids is 1. The van der Waals surface area contributed by atoms with Gasteiger partial charge in [-0.1, -0.05) is 32.1 Å². The highest BCUT2D eigenvalue weighted by atomic mass is 16.2. The summed E-state index contributed by atoms with van der Waals surface area (Å²) < 4.78 is 0. The van der Waals surface area contributed by atoms with E-state index in [-0.39, 0.29) is 5.91 Å². The highest BCUT2D eigenvalue weighted by Gasteiger charge is 2.18. The Bertz CT molecular complexity index is 256. The molecule has 0 radical (unpaired) electrons. The summed E-state index contributed by atoms with van der Waals surface area (Å²) in [5, 5.41) is 2.07. The summed E-state index contributed by atoms with van der Waals surface area (Å²) >= 11 is 0. The average molecular weight is 253 g/mol. The van der Waals surface area contributed by atoms with Gasteiger partial charge in [0.05, 0.1) is 0 Å². The molecule has 0 spiro atoms. The molecule has 2 rings (SSSR count). The van der Waals surface area contributed by atoms with E-state index >= 15 is 0 Å². The van der Waals surface area contributed by atoms with Crippen molar-refractivity contribution in [1.82, 2.24) is 15.3 Å². The van der Waals surface area contributed by atoms with Crippen LogP contribution in [-0.2, 0) is 4.79 Å². The molecule has 1 aliphatic carbocycles. The first-order chi connectivity index (χ1) is 8.74. The minimum atomic E-state index is 0.213. The smallest absolute Gasteiger partial charge is 0.234 e. The Morgan fingerprint density at radius 1 is 1.11 bits per heavy atom. The van der Waals surface area contributed by atoms with E-state index in [4.69, 9.17) is 0 Å². The predicted molar refractivity (Wildman–Crippen MR) is 73.0 cm³/mol. The lowest BCUT2D eigenvalue weighted by molar-refractivity contribution is -0.127. The molecule has 4 nitrogen and oxygen atoms in total. The van der Waals surface area contributed by atoms with Crippen LogP contribution in [0.2, 0.25) is 0 Å². The minimum absolute atomic E-state index is 0.213. The third kappa shape index (κ3) is 4.58. The quantitative estimate of drug-likeness (QED) is 0.827. The molecule has 104 valence electrons. The maximum absolute atomic E-state index is 11.9. The molecule has 18 heavy (non-hydrogen) atoms. The molecule has 0 aromatic rings. The molecule has 0 atom stereocenters. The van der Waals surface area contributed by atoms with Gasteiger partial charge in [0, 0.05) is 32.6 Å². The number of nitrogens with zero attached hydrogens (tertiary/aromatic N) is 2. The number of hydrogen-bond acceptors (Lipinski definition) is 3. The van der Waals surface area contributed by atoms with Gasteiger partial charge in [-0.3, -0.25) is 10.2 Å². The second kappa shape index (κ2) is 7.10. The topological polar surface area (TPSA) is 35.6 Å². The van der Waals surface area contributed by atoms with Gasteiger partial charge in [-0.05, 0) is 19.4 Å². The zero-order chi connectivity index (χ0) is 12.8. The van der Waals surface area contributed by atoms with Crippen molar-refractivity contribution in [2.24, 2.45) is 5.92 Å². The van der Waals surface area contributed by atoms with Gasteiger partial charge in [0.2, 0.25) is 5.91 Å². The van der Waals surface area contributed by atoms with Gasteiger partial charge < -0.3 is 4.90 Å². The van der Waals surface area contributed by atoms with Crippen LogP contribution in [0.25, 0.3) is 0 Å². The molecule has 4 heteroatoms. The van der Waals surface area contributed by atoms with Crippen LogP contribution >= 0.6 is 0 Å². The summed E-state index contributed by atoms with van der Waals surface area (Å²) in [4.78, 5) is 14.2. The van der Waals surface area contributed by atoms with Crippen LogP contribution in [0.4, 0.5) is 0 Å². The highest BCUT2D eigenvalue weighted by molar-refractivity contribution is 5.75. The lowest BCUT2D eigenvalue weighted by Crippen LogP contribution is -2.52. The van der Waals surface area contributed by atoms with Gasteiger partial charge in [0.1, 0.15) is 0 Å². The van der Waals surface area contributed by atoms with Crippen molar-refractivity contribution in [3.8, 4) is 0 Å². The van der Waals surface area contributed by atoms with E-state index < -0.39 is 0 Å². The fourth-order valence-electron chi connectivity index (χ4n) is 2.96. The second-order valence-electron chi connectivity index (χ2n) is 5.87. The van der Waals surface area contributed by atoms with Crippen molar-refractivity contribution in [1.29, 1.82) is 0 Å². The van der Waals surface area contributed by atoms with Crippen LogP contribution in [0, 0.1) is 5.92 Å². The first-order valence-corrected chi connectivity index (χ1v) is 7.47. The number of rotatable bonds is 4. The van der Waals surface area contributed by atoms with Crippen LogP contribution < -0.4 is 5.43 Å². The lowest BCUT2D eigenvalue weighted by Gasteiger charge is -2.32. The fourth-order valence-corrected chi connectivity index (χ4v) is 2.96. The molecule has 1 saturated carbocycles. The van der Waals surface area contributed by atoms with E-state index in [9.17, 15) is 4.79 Å². The van der Waals surface area contributed by atoms with Crippen molar-refractivity contribution in [2.75, 3.05) is 33.2 Å². The maximum atomic E-state index is 11.9. The second-order valence-corrected chi connectivity index (χ2v) is 5.87. The van der Waals surface area contributed by atoms with Crippen molar-refractivity contribution in [3.63, 3.8) is 0 Å². The Morgan fingerprint density at radius 2 is 1.78 bits per heavy atom. The summed E-state index contributed by atoms with van der Waals surface area (Å²) in [5.41, 5.74) is 3.05. The van der Waals surface area contributed by atoms with Crippen LogP contribution in [0.3, 0.4) is 0 Å². The zero-order valence-corrected chi connectivity index (χ0v) is 11.7. The molecule has 0 bridgehead atoms. The maximum Gasteiger partial charge on any atom is 0.234 e. The molecule has 2 fully saturated rings. The minimum Gasteiger partial charge on any atom is -0.304 e. The Morgan fingerprint density at radius 3 is 2.44 bits per heavy atom. The van der Waals surface area contributed by atoms with Crippen LogP contribution in [0.1, 0.15) is 44.9 Å². The summed E-state index contributed by atoms with van der Waals surface area (Å²) in [6.07, 6.45) is 8.58. The molecule has 0 unspecified atom stereocenters. The Labute approximate surface area is 111 Å². The first kappa shape index (κ1) is 13.8. The zero-order valence-electron chi connectivity index (χ0n) is 11.7. The van der Waals surface area contributed by atoms with Crippen molar-refractivity contribution in [3.05, 3.63) is 0 Å². The van der Waals surface area contributed by atoms with E-state index in [1.54, 1.807) is 0 Å². The van der Waals surface area contributed by atoms with Crippen molar-refractivity contribution in [2.45, 2.75) is 44.9 Å². The number of piperazine rings is 1. The number of carbonyl (C=O) groups is 1. The SMILES string of the molecule is CN1CCN(NC(=O)CCC2CCCCC2)CC1. The molecule has 1 N–H and O–H groups in total. The van der Waals surface area contributed by atoms with Gasteiger partial charge in [-0.25, -0.2) is 5.01 Å². The van der Waals surface area contributed by atoms with Crippen LogP contribution in [0.15, 0.2) is 0 Å². The average Bonchev–Trinajstić information content (AvgIpc) is 2.40. The standard InChI is InChI=1S/C14H27N3O/c1-16-9-11-17(12-10-16)15-14(18)8-7-13-5-3-2-4-6-13/h13H,2-12H2,1H3,(H,15,18). The van der Waals surface area contributed by atoms with E-state index in [1.807, 2.05) is 0 Å². The van der Waals surface area contributed by atoms with Gasteiger partial charge in [-0.2, -0.15) is 0 Å². The third-order valence-corrected chi connectivity index (χ3v) is 4.29. The Balaban J connectivity index is 1.59. The summed E-state index contributed by atoms with van der Waals surface area (Å²) in [7, 11) is 2.13. The van der Waals surface area contributed by atoms with E-state index in [1.165, 1.54) is 32.1 Å². The third-order valence-electron chi connectivity index (χ3n) is 4.29. The number of nitrogens with one attached hydrogen (secondary N) is 1. The predicted octanol–water partition coefficient (Wildman–Crippen LogP) is 1.63. The number of likely N-dealkylation sites (N-methyl/N-ethyl adjacent to an activating group) is 1. The fraction of sp³-hybridized carbons (Fsp3) is 0.929. The molecule has 2 aliphatic rings. The molecule has 1 amide bonds. The molecule has 1 saturated heterocycles. The lowest BCUT2D eigenvalue weighted by atomic mass is 9.86. The van der Waals surface area contributed by atoms with Gasteiger partial charge in [0.25, 0.3) is 0 Å². The van der Waals surface area contributed by atoms with Gasteiger partial charge in [-0.15, -0.1) is 0 Å². The summed E-state index contributed by atoms with van der Waals surface area (Å²) in [6.45, 7) is 3.99. The number of hydrogen-bond donors (Lipinski definition) is 1. The number of hydrazine groups is 1.